The molecule has 1 unspecified atom stereocenters. The average Bonchev–Trinajstić information content (AvgIpc) is 3.19. The summed E-state index contributed by atoms with van der Waals surface area (Å²) in [5.41, 5.74) is 6.50. The zero-order valence-electron chi connectivity index (χ0n) is 18.1. The lowest BCUT2D eigenvalue weighted by Crippen LogP contribution is -2.47. The Morgan fingerprint density at radius 1 is 1.31 bits per heavy atom. The number of hydrogen-bond acceptors (Lipinski definition) is 7. The fourth-order valence-corrected chi connectivity index (χ4v) is 5.50. The number of rotatable bonds is 7. The van der Waals surface area contributed by atoms with Crippen LogP contribution in [0.1, 0.15) is 31.2 Å². The highest BCUT2D eigenvalue weighted by Crippen LogP contribution is 2.28. The predicted molar refractivity (Wildman–Crippen MR) is 122 cm³/mol. The third-order valence-corrected chi connectivity index (χ3v) is 7.57. The van der Waals surface area contributed by atoms with E-state index in [9.17, 15) is 13.2 Å². The molecular formula is C22H31N5O4S. The van der Waals surface area contributed by atoms with E-state index in [1.54, 1.807) is 17.0 Å². The van der Waals surface area contributed by atoms with E-state index in [1.165, 1.54) is 6.07 Å². The van der Waals surface area contributed by atoms with Gasteiger partial charge in [-0.15, -0.1) is 0 Å². The maximum absolute atomic E-state index is 13.1. The highest BCUT2D eigenvalue weighted by molar-refractivity contribution is 7.89. The smallest absolute Gasteiger partial charge is 0.241 e. The van der Waals surface area contributed by atoms with Crippen LogP contribution in [0.25, 0.3) is 0 Å². The quantitative estimate of drug-likeness (QED) is 0.515. The highest BCUT2D eigenvalue weighted by Gasteiger charge is 2.31. The van der Waals surface area contributed by atoms with Crippen molar-refractivity contribution in [3.8, 4) is 5.75 Å². The molecule has 174 valence electrons. The van der Waals surface area contributed by atoms with Gasteiger partial charge in [-0.2, -0.15) is 4.72 Å². The number of nitrogens with zero attached hydrogens (tertiary/aromatic N) is 2. The second kappa shape index (κ2) is 9.91. The van der Waals surface area contributed by atoms with E-state index in [2.05, 4.69) is 21.1 Å². The molecule has 0 aliphatic carbocycles. The molecule has 0 spiro atoms. The first kappa shape index (κ1) is 22.6. The molecule has 0 saturated carbocycles. The minimum Gasteiger partial charge on any atom is -0.493 e. The fourth-order valence-electron chi connectivity index (χ4n) is 4.23. The molecule has 3 aliphatic rings. The molecule has 1 aromatic carbocycles. The van der Waals surface area contributed by atoms with Crippen LogP contribution in [0.5, 0.6) is 5.75 Å². The number of allylic oxidation sites excluding steroid dienone is 1. The number of ether oxygens (including phenoxy) is 1. The van der Waals surface area contributed by atoms with Crippen LogP contribution in [-0.2, 0) is 21.2 Å². The van der Waals surface area contributed by atoms with E-state index in [4.69, 9.17) is 10.5 Å². The van der Waals surface area contributed by atoms with Crippen molar-refractivity contribution in [2.75, 3.05) is 32.8 Å². The number of nitrogens with two attached hydrogens (primary N) is 1. The van der Waals surface area contributed by atoms with Crippen LogP contribution < -0.4 is 20.5 Å². The predicted octanol–water partition coefficient (Wildman–Crippen LogP) is 0.761. The second-order valence-corrected chi connectivity index (χ2v) is 10.2. The molecular weight excluding hydrogens is 430 g/mol. The van der Waals surface area contributed by atoms with Crippen LogP contribution in [-0.4, -0.2) is 64.0 Å². The van der Waals surface area contributed by atoms with Crippen LogP contribution >= 0.6 is 0 Å². The number of aliphatic imine (C=N–C) groups is 1. The van der Waals surface area contributed by atoms with Crippen LogP contribution in [0.2, 0.25) is 0 Å². The van der Waals surface area contributed by atoms with Crippen molar-refractivity contribution in [1.82, 2.24) is 14.9 Å². The summed E-state index contributed by atoms with van der Waals surface area (Å²) in [5, 5.41) is 3.05. The van der Waals surface area contributed by atoms with Gasteiger partial charge in [0.15, 0.2) is 5.96 Å². The van der Waals surface area contributed by atoms with Gasteiger partial charge in [0, 0.05) is 32.6 Å². The molecule has 4 N–H and O–H groups in total. The molecule has 9 nitrogen and oxygen atoms in total. The molecule has 3 heterocycles. The Morgan fingerprint density at radius 2 is 2.19 bits per heavy atom. The van der Waals surface area contributed by atoms with Gasteiger partial charge in [-0.05, 0) is 55.4 Å². The van der Waals surface area contributed by atoms with Crippen LogP contribution in [0.3, 0.4) is 0 Å². The van der Waals surface area contributed by atoms with Crippen molar-refractivity contribution in [1.29, 1.82) is 0 Å². The van der Waals surface area contributed by atoms with Gasteiger partial charge in [0.2, 0.25) is 15.9 Å². The van der Waals surface area contributed by atoms with Crippen molar-refractivity contribution >= 4 is 21.9 Å². The zero-order valence-corrected chi connectivity index (χ0v) is 18.9. The number of carbonyl (C=O) groups excluding carboxylic acids is 1. The van der Waals surface area contributed by atoms with E-state index in [-0.39, 0.29) is 10.8 Å². The Morgan fingerprint density at radius 3 is 3.00 bits per heavy atom. The van der Waals surface area contributed by atoms with E-state index in [0.717, 1.165) is 37.1 Å². The third kappa shape index (κ3) is 5.42. The molecule has 0 radical (unpaired) electrons. The lowest BCUT2D eigenvalue weighted by molar-refractivity contribution is -0.131. The summed E-state index contributed by atoms with van der Waals surface area (Å²) in [6, 6.07) is 4.11. The maximum Gasteiger partial charge on any atom is 0.241 e. The number of hydrogen-bond donors (Lipinski definition) is 3. The van der Waals surface area contributed by atoms with E-state index in [0.29, 0.717) is 51.0 Å². The van der Waals surface area contributed by atoms with Crippen molar-refractivity contribution in [3.05, 3.63) is 35.9 Å². The Balaban J connectivity index is 1.35. The molecule has 2 atom stereocenters. The second-order valence-electron chi connectivity index (χ2n) is 8.50. The largest absolute Gasteiger partial charge is 0.493 e. The summed E-state index contributed by atoms with van der Waals surface area (Å²) in [6.45, 7) is 3.15. The van der Waals surface area contributed by atoms with E-state index in [1.807, 2.05) is 6.08 Å². The van der Waals surface area contributed by atoms with Gasteiger partial charge in [-0.25, -0.2) is 8.42 Å². The van der Waals surface area contributed by atoms with Crippen LogP contribution in [0.4, 0.5) is 0 Å². The standard InChI is InChI=1S/C22H31N5O4S/c23-22-24-14-16(15-25-22)5-1-3-10-27-11-4-2-6-19(21(27)28)26-32(29,30)18-7-8-20-17(13-18)9-12-31-20/h1,3,7-8,13,16,19,26H,2,4-6,9-12,14-15H2,(H3,23,24,25)/t19-/m0/s1. The van der Waals surface area contributed by atoms with Crippen molar-refractivity contribution in [3.63, 3.8) is 0 Å². The topological polar surface area (TPSA) is 126 Å². The molecule has 1 fully saturated rings. The van der Waals surface area contributed by atoms with Gasteiger partial charge in [0.05, 0.1) is 11.5 Å². The Bertz CT molecular complexity index is 1010. The number of amides is 1. The first-order chi connectivity index (χ1) is 15.4. The summed E-state index contributed by atoms with van der Waals surface area (Å²) >= 11 is 0. The summed E-state index contributed by atoms with van der Waals surface area (Å²) in [6.07, 6.45) is 7.74. The molecule has 10 heteroatoms. The molecule has 1 amide bonds. The fraction of sp³-hybridized carbons (Fsp3) is 0.545. The molecule has 4 rings (SSSR count). The van der Waals surface area contributed by atoms with E-state index < -0.39 is 16.1 Å². The van der Waals surface area contributed by atoms with Crippen molar-refractivity contribution in [2.24, 2.45) is 16.6 Å². The Hall–Kier alpha value is -2.59. The summed E-state index contributed by atoms with van der Waals surface area (Å²) in [7, 11) is -3.80. The number of fused-ring (bicyclic) bond motifs is 1. The number of guanidine groups is 1. The normalized spacial score (nSPS) is 23.9. The van der Waals surface area contributed by atoms with Crippen molar-refractivity contribution < 1.29 is 17.9 Å². The van der Waals surface area contributed by atoms with Crippen LogP contribution in [0, 0.1) is 5.92 Å². The number of carbonyl (C=O) groups is 1. The SMILES string of the molecule is NC1=NCC(CC=CCN2CCCC[C@H](NS(=O)(=O)c3ccc4c(c3)CCO4)C2=O)CN1. The van der Waals surface area contributed by atoms with Crippen LogP contribution in [0.15, 0.2) is 40.2 Å². The molecule has 3 aliphatic heterocycles. The number of sulfonamides is 1. The highest BCUT2D eigenvalue weighted by atomic mass is 32.2. The van der Waals surface area contributed by atoms with E-state index >= 15 is 0 Å². The molecule has 1 aromatic rings. The summed E-state index contributed by atoms with van der Waals surface area (Å²) in [5.74, 6) is 1.43. The molecule has 32 heavy (non-hydrogen) atoms. The van der Waals surface area contributed by atoms with Gasteiger partial charge in [-0.1, -0.05) is 12.2 Å². The first-order valence-corrected chi connectivity index (χ1v) is 12.7. The lowest BCUT2D eigenvalue weighted by Gasteiger charge is -2.24. The molecule has 0 bridgehead atoms. The maximum atomic E-state index is 13.1. The van der Waals surface area contributed by atoms with Gasteiger partial charge >= 0.3 is 0 Å². The van der Waals surface area contributed by atoms with Gasteiger partial charge < -0.3 is 20.7 Å². The zero-order chi connectivity index (χ0) is 22.6. The lowest BCUT2D eigenvalue weighted by atomic mass is 10.0. The number of likely N-dealkylation sites (tertiary alicyclic amines) is 1. The first-order valence-electron chi connectivity index (χ1n) is 11.2. The Labute approximate surface area is 189 Å². The minimum absolute atomic E-state index is 0.170. The average molecular weight is 462 g/mol. The Kier molecular flexibility index (Phi) is 7.00. The minimum atomic E-state index is -3.80. The van der Waals surface area contributed by atoms with Gasteiger partial charge in [-0.3, -0.25) is 9.79 Å². The molecule has 0 aromatic heterocycles. The van der Waals surface area contributed by atoms with Crippen molar-refractivity contribution in [2.45, 2.75) is 43.0 Å². The summed E-state index contributed by atoms with van der Waals surface area (Å²) < 4.78 is 34.0. The van der Waals surface area contributed by atoms with Gasteiger partial charge in [0.25, 0.3) is 0 Å². The number of benzene rings is 1. The van der Waals surface area contributed by atoms with Gasteiger partial charge in [0.1, 0.15) is 11.8 Å². The number of nitrogens with one attached hydrogen (secondary N) is 2. The monoisotopic (exact) mass is 461 g/mol. The molecule has 1 saturated heterocycles. The summed E-state index contributed by atoms with van der Waals surface area (Å²) in [4.78, 5) is 19.2. The third-order valence-electron chi connectivity index (χ3n) is 6.10.